The van der Waals surface area contributed by atoms with Crippen molar-refractivity contribution in [3.8, 4) is 0 Å². The van der Waals surface area contributed by atoms with E-state index in [1.807, 2.05) is 25.7 Å². The van der Waals surface area contributed by atoms with Crippen LogP contribution in [-0.2, 0) is 4.74 Å². The number of hydrogen-bond donors (Lipinski definition) is 1. The van der Waals surface area contributed by atoms with Gasteiger partial charge in [-0.15, -0.1) is 0 Å². The Hall–Kier alpha value is -0.770. The first-order valence-electron chi connectivity index (χ1n) is 9.01. The normalized spacial score (nSPS) is 28.7. The molecule has 2 saturated heterocycles. The average Bonchev–Trinajstić information content (AvgIpc) is 2.46. The maximum Gasteiger partial charge on any atom is 0.410 e. The zero-order valence-electron chi connectivity index (χ0n) is 15.1. The predicted octanol–water partition coefficient (Wildman–Crippen LogP) is 3.66. The minimum atomic E-state index is -0.412. The molecule has 2 fully saturated rings. The molecule has 2 heterocycles. The number of hydrogen-bond acceptors (Lipinski definition) is 3. The van der Waals surface area contributed by atoms with Gasteiger partial charge in [-0.3, -0.25) is 0 Å². The first kappa shape index (κ1) is 17.6. The Balaban J connectivity index is 2.15. The van der Waals surface area contributed by atoms with Gasteiger partial charge in [-0.1, -0.05) is 26.7 Å². The third-order valence-electron chi connectivity index (χ3n) is 5.68. The number of carbonyl (C=O) groups excluding carboxylic acids is 1. The number of nitrogens with zero attached hydrogens (tertiary/aromatic N) is 1. The molecule has 2 rings (SSSR count). The molecule has 2 atom stereocenters. The summed E-state index contributed by atoms with van der Waals surface area (Å²) in [5.41, 5.74) is 0.0116. The van der Waals surface area contributed by atoms with Crippen LogP contribution in [0, 0.1) is 17.3 Å². The van der Waals surface area contributed by atoms with E-state index in [1.165, 1.54) is 12.8 Å². The molecule has 0 aromatic heterocycles. The first-order valence-corrected chi connectivity index (χ1v) is 9.01. The lowest BCUT2D eigenvalue weighted by Crippen LogP contribution is -2.58. The standard InChI is InChI=1S/C18H34N2O2/c1-6-14-12-20(16(21)22-17(3,4)5)13-15(7-2)18(14)8-10-19-11-9-18/h14-15,19H,6-13H2,1-5H3. The molecule has 1 spiro atoms. The van der Waals surface area contributed by atoms with E-state index in [-0.39, 0.29) is 6.09 Å². The van der Waals surface area contributed by atoms with E-state index in [4.69, 9.17) is 4.74 Å². The van der Waals surface area contributed by atoms with Crippen molar-refractivity contribution in [3.63, 3.8) is 0 Å². The number of ether oxygens (including phenoxy) is 1. The number of piperidine rings is 2. The number of likely N-dealkylation sites (tertiary alicyclic amines) is 1. The van der Waals surface area contributed by atoms with Gasteiger partial charge in [-0.05, 0) is 64.0 Å². The molecule has 1 amide bonds. The van der Waals surface area contributed by atoms with Crippen molar-refractivity contribution in [1.82, 2.24) is 10.2 Å². The van der Waals surface area contributed by atoms with Crippen LogP contribution in [0.3, 0.4) is 0 Å². The summed E-state index contributed by atoms with van der Waals surface area (Å²) < 4.78 is 5.61. The van der Waals surface area contributed by atoms with Gasteiger partial charge in [0.2, 0.25) is 0 Å². The highest BCUT2D eigenvalue weighted by Gasteiger charge is 2.49. The Morgan fingerprint density at radius 3 is 2.05 bits per heavy atom. The maximum absolute atomic E-state index is 12.5. The van der Waals surface area contributed by atoms with Crippen LogP contribution in [0.1, 0.15) is 60.3 Å². The van der Waals surface area contributed by atoms with Gasteiger partial charge in [-0.25, -0.2) is 4.79 Å². The molecule has 0 aromatic carbocycles. The van der Waals surface area contributed by atoms with Crippen molar-refractivity contribution in [3.05, 3.63) is 0 Å². The molecule has 128 valence electrons. The molecule has 0 radical (unpaired) electrons. The van der Waals surface area contributed by atoms with E-state index in [0.29, 0.717) is 17.3 Å². The van der Waals surface area contributed by atoms with Crippen LogP contribution >= 0.6 is 0 Å². The number of rotatable bonds is 2. The minimum Gasteiger partial charge on any atom is -0.444 e. The molecule has 1 N–H and O–H groups in total. The fourth-order valence-electron chi connectivity index (χ4n) is 4.56. The Morgan fingerprint density at radius 2 is 1.64 bits per heavy atom. The highest BCUT2D eigenvalue weighted by molar-refractivity contribution is 5.68. The second-order valence-electron chi connectivity index (χ2n) is 8.08. The van der Waals surface area contributed by atoms with Gasteiger partial charge in [0, 0.05) is 13.1 Å². The summed E-state index contributed by atoms with van der Waals surface area (Å²) in [5, 5.41) is 3.51. The molecule has 0 saturated carbocycles. The van der Waals surface area contributed by atoms with Gasteiger partial charge < -0.3 is 15.0 Å². The van der Waals surface area contributed by atoms with Gasteiger partial charge in [0.05, 0.1) is 0 Å². The third-order valence-corrected chi connectivity index (χ3v) is 5.68. The summed E-state index contributed by atoms with van der Waals surface area (Å²) in [6, 6.07) is 0. The largest absolute Gasteiger partial charge is 0.444 e. The van der Waals surface area contributed by atoms with Gasteiger partial charge in [0.1, 0.15) is 5.60 Å². The summed E-state index contributed by atoms with van der Waals surface area (Å²) in [6.45, 7) is 14.4. The van der Waals surface area contributed by atoms with Crippen molar-refractivity contribution < 1.29 is 9.53 Å². The SMILES string of the molecule is CCC1CN(C(=O)OC(C)(C)C)CC(CC)C12CCNCC2. The van der Waals surface area contributed by atoms with Crippen LogP contribution in [0.2, 0.25) is 0 Å². The Morgan fingerprint density at radius 1 is 1.14 bits per heavy atom. The summed E-state index contributed by atoms with van der Waals surface area (Å²) in [7, 11) is 0. The van der Waals surface area contributed by atoms with Crippen molar-refractivity contribution in [2.75, 3.05) is 26.2 Å². The Bertz CT molecular complexity index is 367. The van der Waals surface area contributed by atoms with Crippen LogP contribution in [0.25, 0.3) is 0 Å². The lowest BCUT2D eigenvalue weighted by Gasteiger charge is -2.55. The molecule has 2 unspecified atom stereocenters. The van der Waals surface area contributed by atoms with Gasteiger partial charge >= 0.3 is 6.09 Å². The van der Waals surface area contributed by atoms with Crippen molar-refractivity contribution in [1.29, 1.82) is 0 Å². The maximum atomic E-state index is 12.5. The van der Waals surface area contributed by atoms with E-state index < -0.39 is 5.60 Å². The van der Waals surface area contributed by atoms with Crippen LogP contribution in [0.15, 0.2) is 0 Å². The van der Waals surface area contributed by atoms with Crippen molar-refractivity contribution >= 4 is 6.09 Å². The van der Waals surface area contributed by atoms with Crippen molar-refractivity contribution in [2.45, 2.75) is 65.9 Å². The molecule has 0 aromatic rings. The lowest BCUT2D eigenvalue weighted by atomic mass is 9.58. The average molecular weight is 310 g/mol. The molecule has 4 heteroatoms. The second-order valence-corrected chi connectivity index (χ2v) is 8.08. The third kappa shape index (κ3) is 3.58. The number of carbonyl (C=O) groups is 1. The summed E-state index contributed by atoms with van der Waals surface area (Å²) >= 11 is 0. The molecule has 0 aliphatic carbocycles. The van der Waals surface area contributed by atoms with E-state index in [9.17, 15) is 4.79 Å². The van der Waals surface area contributed by atoms with Gasteiger partial charge in [0.25, 0.3) is 0 Å². The van der Waals surface area contributed by atoms with Crippen LogP contribution in [-0.4, -0.2) is 42.8 Å². The van der Waals surface area contributed by atoms with Crippen molar-refractivity contribution in [2.24, 2.45) is 17.3 Å². The highest BCUT2D eigenvalue weighted by atomic mass is 16.6. The van der Waals surface area contributed by atoms with E-state index in [2.05, 4.69) is 19.2 Å². The molecule has 0 bridgehead atoms. The predicted molar refractivity (Wildman–Crippen MR) is 89.9 cm³/mol. The molecular formula is C18H34N2O2. The smallest absolute Gasteiger partial charge is 0.410 e. The van der Waals surface area contributed by atoms with E-state index >= 15 is 0 Å². The first-order chi connectivity index (χ1) is 10.3. The fraction of sp³-hybridized carbons (Fsp3) is 0.944. The fourth-order valence-corrected chi connectivity index (χ4v) is 4.56. The second kappa shape index (κ2) is 6.77. The van der Waals surface area contributed by atoms with Crippen LogP contribution in [0.4, 0.5) is 4.79 Å². The van der Waals surface area contributed by atoms with Gasteiger partial charge in [-0.2, -0.15) is 0 Å². The minimum absolute atomic E-state index is 0.131. The zero-order valence-corrected chi connectivity index (χ0v) is 15.1. The topological polar surface area (TPSA) is 41.6 Å². The molecule has 2 aliphatic rings. The molecule has 22 heavy (non-hydrogen) atoms. The number of nitrogens with one attached hydrogen (secondary N) is 1. The monoisotopic (exact) mass is 310 g/mol. The summed E-state index contributed by atoms with van der Waals surface area (Å²) in [5.74, 6) is 1.20. The Kier molecular flexibility index (Phi) is 5.41. The molecular weight excluding hydrogens is 276 g/mol. The lowest BCUT2D eigenvalue weighted by molar-refractivity contribution is -0.0592. The quantitative estimate of drug-likeness (QED) is 0.846. The Labute approximate surface area is 136 Å². The number of amides is 1. The summed E-state index contributed by atoms with van der Waals surface area (Å²) in [4.78, 5) is 14.5. The zero-order chi connectivity index (χ0) is 16.4. The van der Waals surface area contributed by atoms with Crippen LogP contribution < -0.4 is 5.32 Å². The summed E-state index contributed by atoms with van der Waals surface area (Å²) in [6.07, 6.45) is 4.68. The molecule has 2 aliphatic heterocycles. The van der Waals surface area contributed by atoms with Crippen LogP contribution in [0.5, 0.6) is 0 Å². The highest BCUT2D eigenvalue weighted by Crippen LogP contribution is 2.50. The molecule has 4 nitrogen and oxygen atoms in total. The van der Waals surface area contributed by atoms with E-state index in [0.717, 1.165) is 39.0 Å². The van der Waals surface area contributed by atoms with E-state index in [1.54, 1.807) is 0 Å². The van der Waals surface area contributed by atoms with Gasteiger partial charge in [0.15, 0.2) is 0 Å².